The second-order valence-corrected chi connectivity index (χ2v) is 9.52. The molecule has 1 aliphatic heterocycles. The lowest BCUT2D eigenvalue weighted by atomic mass is 9.91. The van der Waals surface area contributed by atoms with Crippen molar-refractivity contribution in [3.05, 3.63) is 64.8 Å². The fourth-order valence-corrected chi connectivity index (χ4v) is 5.09. The standard InChI is InChI=1S/C27H31FN2O4/c1-16-13-23(33-2)24(21-9-11-29-25(16)21)26(28)30-12-10-20(34-15-17-3-4-17)14-22(30)18-5-7-19(8-6-18)27(31)32/h5-9,11,13,17,20,22,26,29H,3-4,10,12,14-15H2,1-2H3,(H,31,32)/t20-,22+,26?/m1/s1. The lowest BCUT2D eigenvalue weighted by Gasteiger charge is -2.41. The number of benzene rings is 2. The largest absolute Gasteiger partial charge is 0.496 e. The Morgan fingerprint density at radius 3 is 2.68 bits per heavy atom. The van der Waals surface area contributed by atoms with E-state index < -0.39 is 12.3 Å². The zero-order valence-corrected chi connectivity index (χ0v) is 19.6. The normalized spacial score (nSPS) is 22.1. The Bertz CT molecular complexity index is 1170. The van der Waals surface area contributed by atoms with E-state index in [0.717, 1.165) is 35.1 Å². The molecule has 1 unspecified atom stereocenters. The van der Waals surface area contributed by atoms with E-state index in [9.17, 15) is 9.90 Å². The summed E-state index contributed by atoms with van der Waals surface area (Å²) < 4.78 is 28.3. The number of H-pyrrole nitrogens is 1. The molecule has 1 saturated heterocycles. The Balaban J connectivity index is 1.49. The zero-order chi connectivity index (χ0) is 23.8. The van der Waals surface area contributed by atoms with E-state index in [2.05, 4.69) is 4.98 Å². The van der Waals surface area contributed by atoms with Crippen LogP contribution in [0.25, 0.3) is 10.9 Å². The highest BCUT2D eigenvalue weighted by molar-refractivity contribution is 5.88. The first-order valence-corrected chi connectivity index (χ1v) is 12.0. The molecule has 2 aliphatic rings. The number of likely N-dealkylation sites (tertiary alicyclic amines) is 1. The summed E-state index contributed by atoms with van der Waals surface area (Å²) >= 11 is 0. The quantitative estimate of drug-likeness (QED) is 0.412. The van der Waals surface area contributed by atoms with E-state index in [-0.39, 0.29) is 17.7 Å². The van der Waals surface area contributed by atoms with Crippen molar-refractivity contribution in [2.45, 2.75) is 51.0 Å². The van der Waals surface area contributed by atoms with Crippen LogP contribution in [-0.2, 0) is 4.74 Å². The second kappa shape index (κ2) is 9.39. The number of piperidine rings is 1. The SMILES string of the molecule is COc1cc(C)c2[nH]ccc2c1C(F)N1CC[C@@H](OCC2CC2)C[C@H]1c1ccc(C(=O)O)cc1. The van der Waals surface area contributed by atoms with Gasteiger partial charge in [0.25, 0.3) is 0 Å². The van der Waals surface area contributed by atoms with Crippen LogP contribution in [0.15, 0.2) is 42.6 Å². The maximum absolute atomic E-state index is 16.5. The number of rotatable bonds is 8. The average Bonchev–Trinajstić information content (AvgIpc) is 3.55. The number of aromatic carboxylic acids is 1. The van der Waals surface area contributed by atoms with Crippen molar-refractivity contribution >= 4 is 16.9 Å². The predicted octanol–water partition coefficient (Wildman–Crippen LogP) is 5.78. The molecular formula is C27H31FN2O4. The number of carboxylic acids is 1. The lowest BCUT2D eigenvalue weighted by Crippen LogP contribution is -2.41. The molecule has 3 atom stereocenters. The lowest BCUT2D eigenvalue weighted by molar-refractivity contribution is -0.0584. The van der Waals surface area contributed by atoms with Gasteiger partial charge in [-0.15, -0.1) is 0 Å². The van der Waals surface area contributed by atoms with Crippen LogP contribution >= 0.6 is 0 Å². The minimum atomic E-state index is -1.39. The molecule has 180 valence electrons. The van der Waals surface area contributed by atoms with Crippen LogP contribution < -0.4 is 4.74 Å². The van der Waals surface area contributed by atoms with Crippen molar-refractivity contribution in [1.29, 1.82) is 0 Å². The Labute approximate surface area is 198 Å². The molecule has 0 radical (unpaired) electrons. The van der Waals surface area contributed by atoms with Crippen molar-refractivity contribution in [2.24, 2.45) is 5.92 Å². The molecule has 2 aromatic carbocycles. The third-order valence-electron chi connectivity index (χ3n) is 7.20. The number of aromatic amines is 1. The number of aromatic nitrogens is 1. The van der Waals surface area contributed by atoms with Crippen LogP contribution in [0.1, 0.15) is 65.1 Å². The van der Waals surface area contributed by atoms with E-state index >= 15 is 4.39 Å². The molecule has 1 saturated carbocycles. The van der Waals surface area contributed by atoms with E-state index in [1.807, 2.05) is 30.2 Å². The van der Waals surface area contributed by atoms with Gasteiger partial charge in [-0.05, 0) is 73.9 Å². The number of nitrogens with zero attached hydrogens (tertiary/aromatic N) is 1. The molecule has 6 nitrogen and oxygen atoms in total. The maximum atomic E-state index is 16.5. The number of carbonyl (C=O) groups is 1. The molecule has 7 heteroatoms. The number of hydrogen-bond acceptors (Lipinski definition) is 4. The Hall–Kier alpha value is -2.90. The maximum Gasteiger partial charge on any atom is 0.335 e. The predicted molar refractivity (Wildman–Crippen MR) is 128 cm³/mol. The smallest absolute Gasteiger partial charge is 0.335 e. The summed E-state index contributed by atoms with van der Waals surface area (Å²) in [6.45, 7) is 3.28. The van der Waals surface area contributed by atoms with Crippen LogP contribution in [-0.4, -0.2) is 47.3 Å². The van der Waals surface area contributed by atoms with Crippen molar-refractivity contribution in [2.75, 3.05) is 20.3 Å². The van der Waals surface area contributed by atoms with Gasteiger partial charge < -0.3 is 19.6 Å². The van der Waals surface area contributed by atoms with E-state index in [0.29, 0.717) is 30.2 Å². The van der Waals surface area contributed by atoms with Gasteiger partial charge in [0.1, 0.15) is 5.75 Å². The molecule has 34 heavy (non-hydrogen) atoms. The molecule has 3 aromatic rings. The minimum absolute atomic E-state index is 0.0559. The number of aryl methyl sites for hydroxylation is 1. The zero-order valence-electron chi connectivity index (χ0n) is 19.6. The molecule has 0 bridgehead atoms. The molecule has 2 N–H and O–H groups in total. The van der Waals surface area contributed by atoms with Crippen molar-refractivity contribution < 1.29 is 23.8 Å². The number of carboxylic acid groups (broad SMARTS) is 1. The van der Waals surface area contributed by atoms with Crippen LogP contribution in [0, 0.1) is 12.8 Å². The molecule has 2 fully saturated rings. The van der Waals surface area contributed by atoms with Crippen molar-refractivity contribution in [3.8, 4) is 5.75 Å². The van der Waals surface area contributed by atoms with Crippen molar-refractivity contribution in [3.63, 3.8) is 0 Å². The number of hydrogen-bond donors (Lipinski definition) is 2. The van der Waals surface area contributed by atoms with Gasteiger partial charge in [-0.3, -0.25) is 4.90 Å². The molecule has 1 aliphatic carbocycles. The number of methoxy groups -OCH3 is 1. The Morgan fingerprint density at radius 2 is 2.00 bits per heavy atom. The average molecular weight is 467 g/mol. The van der Waals surface area contributed by atoms with E-state index in [1.165, 1.54) is 12.8 Å². The first-order chi connectivity index (χ1) is 16.5. The highest BCUT2D eigenvalue weighted by Gasteiger charge is 2.38. The molecule has 0 amide bonds. The highest BCUT2D eigenvalue weighted by Crippen LogP contribution is 2.44. The summed E-state index contributed by atoms with van der Waals surface area (Å²) in [5.74, 6) is 0.225. The molecular weight excluding hydrogens is 435 g/mol. The summed E-state index contributed by atoms with van der Waals surface area (Å²) in [7, 11) is 1.57. The Morgan fingerprint density at radius 1 is 1.24 bits per heavy atom. The number of ether oxygens (including phenoxy) is 2. The topological polar surface area (TPSA) is 74.8 Å². The van der Waals surface area contributed by atoms with Gasteiger partial charge in [0.15, 0.2) is 6.30 Å². The Kier molecular flexibility index (Phi) is 6.32. The van der Waals surface area contributed by atoms with Crippen LogP contribution in [0.3, 0.4) is 0 Å². The number of fused-ring (bicyclic) bond motifs is 1. The third kappa shape index (κ3) is 4.42. The summed E-state index contributed by atoms with van der Waals surface area (Å²) in [5, 5.41) is 10.1. The second-order valence-electron chi connectivity index (χ2n) is 9.52. The van der Waals surface area contributed by atoms with Gasteiger partial charge >= 0.3 is 5.97 Å². The summed E-state index contributed by atoms with van der Waals surface area (Å²) in [5.41, 5.74) is 3.54. The highest BCUT2D eigenvalue weighted by atomic mass is 19.1. The first-order valence-electron chi connectivity index (χ1n) is 12.0. The van der Waals surface area contributed by atoms with Gasteiger partial charge in [0.05, 0.1) is 24.3 Å². The van der Waals surface area contributed by atoms with Crippen molar-refractivity contribution in [1.82, 2.24) is 9.88 Å². The number of nitrogens with one attached hydrogen (secondary N) is 1. The van der Waals surface area contributed by atoms with Gasteiger partial charge in [0.2, 0.25) is 0 Å². The minimum Gasteiger partial charge on any atom is -0.496 e. The van der Waals surface area contributed by atoms with Crippen LogP contribution in [0.4, 0.5) is 4.39 Å². The monoisotopic (exact) mass is 466 g/mol. The molecule has 0 spiro atoms. The number of alkyl halides is 1. The van der Waals surface area contributed by atoms with E-state index in [4.69, 9.17) is 9.47 Å². The summed E-state index contributed by atoms with van der Waals surface area (Å²) in [6.07, 6.45) is 4.36. The first kappa shape index (κ1) is 22.9. The van der Waals surface area contributed by atoms with Crippen LogP contribution in [0.5, 0.6) is 5.75 Å². The van der Waals surface area contributed by atoms with Gasteiger partial charge in [-0.1, -0.05) is 12.1 Å². The molecule has 1 aromatic heterocycles. The van der Waals surface area contributed by atoms with Gasteiger partial charge in [0, 0.05) is 36.3 Å². The fraction of sp³-hybridized carbons (Fsp3) is 0.444. The fourth-order valence-electron chi connectivity index (χ4n) is 5.09. The van der Waals surface area contributed by atoms with Gasteiger partial charge in [-0.2, -0.15) is 0 Å². The molecule has 5 rings (SSSR count). The summed E-state index contributed by atoms with van der Waals surface area (Å²) in [4.78, 5) is 16.4. The van der Waals surface area contributed by atoms with Crippen LogP contribution in [0.2, 0.25) is 0 Å². The summed E-state index contributed by atoms with van der Waals surface area (Å²) in [6, 6.07) is 10.3. The van der Waals surface area contributed by atoms with Gasteiger partial charge in [-0.25, -0.2) is 9.18 Å². The third-order valence-corrected chi connectivity index (χ3v) is 7.20. The molecule has 2 heterocycles. The van der Waals surface area contributed by atoms with E-state index in [1.54, 1.807) is 31.4 Å². The number of halogens is 1.